The Morgan fingerprint density at radius 2 is 1.60 bits per heavy atom. The Morgan fingerprint density at radius 1 is 0.978 bits per heavy atom. The average molecular weight is 699 g/mol. The normalized spacial score (nSPS) is 14.9. The van der Waals surface area contributed by atoms with E-state index in [9.17, 15) is 28.1 Å². The van der Waals surface area contributed by atoms with Crippen molar-refractivity contribution in [3.05, 3.63) is 133 Å². The van der Waals surface area contributed by atoms with Gasteiger partial charge >= 0.3 is 0 Å². The molecule has 0 aliphatic carbocycles. The molecule has 0 spiro atoms. The third-order valence-electron chi connectivity index (χ3n) is 6.76. The lowest BCUT2D eigenvalue weighted by Gasteiger charge is -2.26. The molecule has 1 saturated heterocycles. The standard InChI is InChI=1S/C31H21Cl2N3O6S3/c32-23-12-10-22(11-13-23)21-8-6-20(7-9-21)17-28-30(38)35(31(43)44-28)27(16-19-4-2-1-3-5-19)29(37)34-45(41,42)24-14-15-25(33)26(18-24)36(39)40/h1-15,17-18,27H,16H2,(H,34,37)/b28-17-/t27-/m0/s1. The highest BCUT2D eigenvalue weighted by Crippen LogP contribution is 2.35. The van der Waals surface area contributed by atoms with Crippen molar-refractivity contribution in [3.63, 3.8) is 0 Å². The fraction of sp³-hybridized carbons (Fsp3) is 0.0645. The Labute approximate surface area is 278 Å². The quantitative estimate of drug-likeness (QED) is 0.0868. The number of thiocarbonyl (C=S) groups is 1. The fourth-order valence-corrected chi connectivity index (χ4v) is 7.21. The second-order valence-corrected chi connectivity index (χ2v) is 13.9. The van der Waals surface area contributed by atoms with Crippen molar-refractivity contribution in [2.75, 3.05) is 0 Å². The monoisotopic (exact) mass is 697 g/mol. The summed E-state index contributed by atoms with van der Waals surface area (Å²) in [6.07, 6.45) is 1.59. The van der Waals surface area contributed by atoms with Crippen LogP contribution in [-0.2, 0) is 26.0 Å². The number of sulfonamides is 1. The van der Waals surface area contributed by atoms with Gasteiger partial charge in [0, 0.05) is 17.5 Å². The van der Waals surface area contributed by atoms with E-state index in [-0.39, 0.29) is 20.7 Å². The summed E-state index contributed by atoms with van der Waals surface area (Å²) in [5.74, 6) is -1.61. The molecular weight excluding hydrogens is 677 g/mol. The molecule has 0 saturated carbocycles. The summed E-state index contributed by atoms with van der Waals surface area (Å²) in [7, 11) is -4.60. The first-order valence-electron chi connectivity index (χ1n) is 13.1. The van der Waals surface area contributed by atoms with Crippen molar-refractivity contribution in [1.29, 1.82) is 0 Å². The zero-order chi connectivity index (χ0) is 32.3. The highest BCUT2D eigenvalue weighted by Gasteiger charge is 2.41. The SMILES string of the molecule is O=C(NS(=O)(=O)c1ccc(Cl)c([N+](=O)[O-])c1)[C@H](Cc1ccccc1)N1C(=O)/C(=C/c2ccc(-c3ccc(Cl)cc3)cc2)SC1=S. The van der Waals surface area contributed by atoms with Crippen LogP contribution < -0.4 is 4.72 Å². The minimum absolute atomic E-state index is 0.0571. The zero-order valence-corrected chi connectivity index (χ0v) is 26.9. The zero-order valence-electron chi connectivity index (χ0n) is 22.9. The lowest BCUT2D eigenvalue weighted by Crippen LogP contribution is -2.51. The molecule has 1 heterocycles. The Morgan fingerprint density at radius 3 is 2.22 bits per heavy atom. The molecule has 45 heavy (non-hydrogen) atoms. The largest absolute Gasteiger partial charge is 0.289 e. The number of benzene rings is 4. The Balaban J connectivity index is 1.42. The van der Waals surface area contributed by atoms with Crippen LogP contribution in [0.25, 0.3) is 17.2 Å². The number of rotatable bonds is 9. The molecule has 14 heteroatoms. The van der Waals surface area contributed by atoms with Gasteiger partial charge < -0.3 is 0 Å². The van der Waals surface area contributed by atoms with Crippen LogP contribution in [0.4, 0.5) is 5.69 Å². The average Bonchev–Trinajstić information content (AvgIpc) is 3.28. The van der Waals surface area contributed by atoms with E-state index in [0.29, 0.717) is 16.1 Å². The van der Waals surface area contributed by atoms with Crippen LogP contribution in [-0.4, -0.2) is 40.4 Å². The third-order valence-corrected chi connectivity index (χ3v) is 10.0. The van der Waals surface area contributed by atoms with Gasteiger partial charge in [-0.05, 0) is 52.6 Å². The van der Waals surface area contributed by atoms with Crippen molar-refractivity contribution >= 4 is 85.1 Å². The first-order valence-corrected chi connectivity index (χ1v) is 16.6. The molecule has 228 valence electrons. The summed E-state index contributed by atoms with van der Waals surface area (Å²) < 4.78 is 28.3. The van der Waals surface area contributed by atoms with E-state index in [2.05, 4.69) is 0 Å². The molecule has 1 N–H and O–H groups in total. The van der Waals surface area contributed by atoms with Gasteiger partial charge in [0.1, 0.15) is 15.4 Å². The van der Waals surface area contributed by atoms with Gasteiger partial charge in [0.15, 0.2) is 0 Å². The van der Waals surface area contributed by atoms with Crippen molar-refractivity contribution in [3.8, 4) is 11.1 Å². The van der Waals surface area contributed by atoms with Gasteiger partial charge in [0.05, 0.1) is 14.7 Å². The number of nitrogens with one attached hydrogen (secondary N) is 1. The van der Waals surface area contributed by atoms with Gasteiger partial charge in [-0.25, -0.2) is 13.1 Å². The summed E-state index contributed by atoms with van der Waals surface area (Å²) in [5, 5.41) is 11.7. The lowest BCUT2D eigenvalue weighted by molar-refractivity contribution is -0.384. The Hall–Kier alpha value is -4.07. The molecule has 1 aliphatic rings. The summed E-state index contributed by atoms with van der Waals surface area (Å²) in [4.78, 5) is 38.6. The Bertz CT molecular complexity index is 1950. The van der Waals surface area contributed by atoms with Crippen LogP contribution in [0.3, 0.4) is 0 Å². The van der Waals surface area contributed by atoms with Gasteiger partial charge in [-0.15, -0.1) is 0 Å². The molecule has 1 fully saturated rings. The summed E-state index contributed by atoms with van der Waals surface area (Å²) >= 11 is 18.3. The first kappa shape index (κ1) is 32.3. The molecule has 0 aromatic heterocycles. The number of nitrogens with zero attached hydrogens (tertiary/aromatic N) is 2. The number of thioether (sulfide) groups is 1. The van der Waals surface area contributed by atoms with Gasteiger partial charge in [-0.3, -0.25) is 24.6 Å². The van der Waals surface area contributed by atoms with E-state index in [1.807, 2.05) is 41.1 Å². The van der Waals surface area contributed by atoms with E-state index >= 15 is 0 Å². The number of hydrogen-bond acceptors (Lipinski definition) is 8. The van der Waals surface area contributed by atoms with E-state index in [4.69, 9.17) is 35.4 Å². The van der Waals surface area contributed by atoms with Crippen molar-refractivity contribution in [2.24, 2.45) is 0 Å². The maximum atomic E-state index is 13.7. The number of halogens is 2. The number of carbonyl (C=O) groups is 2. The maximum Gasteiger partial charge on any atom is 0.289 e. The molecule has 2 amide bonds. The molecule has 0 unspecified atom stereocenters. The van der Waals surface area contributed by atoms with Crippen LogP contribution in [0.1, 0.15) is 11.1 Å². The van der Waals surface area contributed by atoms with E-state index in [0.717, 1.165) is 46.0 Å². The van der Waals surface area contributed by atoms with Crippen LogP contribution in [0.2, 0.25) is 10.0 Å². The number of carbonyl (C=O) groups excluding carboxylic acids is 2. The van der Waals surface area contributed by atoms with E-state index in [1.54, 1.807) is 48.5 Å². The van der Waals surface area contributed by atoms with Gasteiger partial charge in [-0.1, -0.05) is 114 Å². The fourth-order valence-electron chi connectivity index (χ4n) is 4.51. The number of nitro groups is 1. The molecule has 1 aliphatic heterocycles. The van der Waals surface area contributed by atoms with Gasteiger partial charge in [-0.2, -0.15) is 0 Å². The predicted molar refractivity (Wildman–Crippen MR) is 179 cm³/mol. The minimum atomic E-state index is -4.60. The molecule has 0 radical (unpaired) electrons. The topological polar surface area (TPSA) is 127 Å². The molecule has 5 rings (SSSR count). The predicted octanol–water partition coefficient (Wildman–Crippen LogP) is 6.89. The number of hydrogen-bond donors (Lipinski definition) is 1. The van der Waals surface area contributed by atoms with E-state index < -0.39 is 43.4 Å². The van der Waals surface area contributed by atoms with Gasteiger partial charge in [0.2, 0.25) is 0 Å². The minimum Gasteiger partial charge on any atom is -0.280 e. The van der Waals surface area contributed by atoms with Crippen molar-refractivity contribution < 1.29 is 22.9 Å². The van der Waals surface area contributed by atoms with Gasteiger partial charge in [0.25, 0.3) is 27.5 Å². The smallest absolute Gasteiger partial charge is 0.280 e. The second kappa shape index (κ2) is 13.5. The summed E-state index contributed by atoms with van der Waals surface area (Å²) in [6.45, 7) is 0. The second-order valence-electron chi connectivity index (χ2n) is 9.73. The molecule has 0 bridgehead atoms. The van der Waals surface area contributed by atoms with Crippen molar-refractivity contribution in [2.45, 2.75) is 17.4 Å². The summed E-state index contributed by atoms with van der Waals surface area (Å²) in [5.41, 5.74) is 2.63. The molecule has 1 atom stereocenters. The maximum absolute atomic E-state index is 13.7. The van der Waals surface area contributed by atoms with Crippen molar-refractivity contribution in [1.82, 2.24) is 9.62 Å². The van der Waals surface area contributed by atoms with E-state index in [1.165, 1.54) is 0 Å². The number of nitro benzene ring substituents is 1. The number of amides is 2. The highest BCUT2D eigenvalue weighted by atomic mass is 35.5. The first-order chi connectivity index (χ1) is 21.4. The Kier molecular flexibility index (Phi) is 9.70. The van der Waals surface area contributed by atoms with Crippen LogP contribution in [0, 0.1) is 10.1 Å². The third kappa shape index (κ3) is 7.43. The molecular formula is C31H21Cl2N3O6S3. The lowest BCUT2D eigenvalue weighted by atomic mass is 10.0. The molecule has 4 aromatic carbocycles. The summed E-state index contributed by atoms with van der Waals surface area (Å²) in [6, 6.07) is 25.1. The highest BCUT2D eigenvalue weighted by molar-refractivity contribution is 8.26. The van der Waals surface area contributed by atoms with Crippen LogP contribution in [0.15, 0.2) is 107 Å². The van der Waals surface area contributed by atoms with Crippen LogP contribution in [0.5, 0.6) is 0 Å². The molecule has 4 aromatic rings. The van der Waals surface area contributed by atoms with Crippen LogP contribution >= 0.6 is 47.2 Å². The molecule has 9 nitrogen and oxygen atoms in total.